The van der Waals surface area contributed by atoms with Crippen LogP contribution in [0.3, 0.4) is 0 Å². The zero-order valence-electron chi connectivity index (χ0n) is 16.3. The summed E-state index contributed by atoms with van der Waals surface area (Å²) in [7, 11) is 0. The van der Waals surface area contributed by atoms with E-state index < -0.39 is 0 Å². The number of hydrogen-bond acceptors (Lipinski definition) is 4. The summed E-state index contributed by atoms with van der Waals surface area (Å²) in [5.74, 6) is 1.61. The van der Waals surface area contributed by atoms with Crippen LogP contribution in [-0.2, 0) is 9.47 Å². The smallest absolute Gasteiger partial charge is 0.191 e. The number of hydrogen-bond donors (Lipinski definition) is 2. The Labute approximate surface area is 153 Å². The summed E-state index contributed by atoms with van der Waals surface area (Å²) in [6, 6.07) is 0.833. The molecule has 0 unspecified atom stereocenters. The van der Waals surface area contributed by atoms with Crippen molar-refractivity contribution in [3.05, 3.63) is 0 Å². The maximum Gasteiger partial charge on any atom is 0.191 e. The van der Waals surface area contributed by atoms with Crippen molar-refractivity contribution in [2.24, 2.45) is 10.9 Å². The van der Waals surface area contributed by atoms with Gasteiger partial charge in [0.25, 0.3) is 0 Å². The van der Waals surface area contributed by atoms with Crippen LogP contribution >= 0.6 is 0 Å². The van der Waals surface area contributed by atoms with E-state index in [1.54, 1.807) is 0 Å². The Morgan fingerprint density at radius 3 is 2.64 bits per heavy atom. The summed E-state index contributed by atoms with van der Waals surface area (Å²) in [5, 5.41) is 6.78. The van der Waals surface area contributed by atoms with Gasteiger partial charge in [-0.15, -0.1) is 0 Å². The normalized spacial score (nSPS) is 19.4. The van der Waals surface area contributed by atoms with Crippen LogP contribution in [0.1, 0.15) is 46.0 Å². The Hall–Kier alpha value is -0.850. The first-order valence-corrected chi connectivity index (χ1v) is 10.2. The lowest BCUT2D eigenvalue weighted by molar-refractivity contribution is 0.0205. The third-order valence-electron chi connectivity index (χ3n) is 4.92. The molecule has 0 aromatic carbocycles. The van der Waals surface area contributed by atoms with Gasteiger partial charge in [0.1, 0.15) is 0 Å². The van der Waals surface area contributed by atoms with Gasteiger partial charge in [-0.2, -0.15) is 0 Å². The Morgan fingerprint density at radius 1 is 1.16 bits per heavy atom. The molecule has 0 radical (unpaired) electrons. The lowest BCUT2D eigenvalue weighted by Gasteiger charge is -2.21. The molecule has 2 N–H and O–H groups in total. The molecule has 2 fully saturated rings. The second-order valence-electron chi connectivity index (χ2n) is 7.03. The van der Waals surface area contributed by atoms with Gasteiger partial charge in [-0.05, 0) is 51.5 Å². The molecule has 1 saturated heterocycles. The van der Waals surface area contributed by atoms with E-state index in [2.05, 4.69) is 34.4 Å². The van der Waals surface area contributed by atoms with Crippen LogP contribution in [0.25, 0.3) is 0 Å². The molecule has 0 atom stereocenters. The second kappa shape index (κ2) is 12.5. The van der Waals surface area contributed by atoms with Crippen molar-refractivity contribution in [1.29, 1.82) is 0 Å². The molecule has 0 spiro atoms. The van der Waals surface area contributed by atoms with E-state index >= 15 is 0 Å². The van der Waals surface area contributed by atoms with Gasteiger partial charge in [0, 0.05) is 58.6 Å². The second-order valence-corrected chi connectivity index (χ2v) is 7.03. The molecular weight excluding hydrogens is 316 g/mol. The number of rotatable bonds is 12. The highest BCUT2D eigenvalue weighted by atomic mass is 16.5. The van der Waals surface area contributed by atoms with Crippen LogP contribution in [0.4, 0.5) is 0 Å². The molecule has 1 aliphatic carbocycles. The fourth-order valence-electron chi connectivity index (χ4n) is 3.22. The predicted octanol–water partition coefficient (Wildman–Crippen LogP) is 1.86. The molecular formula is C19H38N4O2. The minimum atomic E-state index is 0.684. The topological polar surface area (TPSA) is 58.1 Å². The number of aliphatic imine (C=N–C) groups is 1. The molecule has 25 heavy (non-hydrogen) atoms. The van der Waals surface area contributed by atoms with Gasteiger partial charge in [-0.1, -0.05) is 6.92 Å². The molecule has 6 nitrogen and oxygen atoms in total. The molecule has 0 aromatic heterocycles. The first kappa shape index (κ1) is 20.5. The molecule has 0 amide bonds. The zero-order chi connectivity index (χ0) is 17.7. The molecule has 1 heterocycles. The zero-order valence-corrected chi connectivity index (χ0v) is 16.3. The monoisotopic (exact) mass is 354 g/mol. The lowest BCUT2D eigenvalue weighted by atomic mass is 10.0. The van der Waals surface area contributed by atoms with Crippen molar-refractivity contribution in [3.63, 3.8) is 0 Å². The molecule has 0 aromatic rings. The Bertz CT molecular complexity index is 368. The first-order valence-electron chi connectivity index (χ1n) is 10.2. The summed E-state index contributed by atoms with van der Waals surface area (Å²) in [4.78, 5) is 7.21. The maximum absolute atomic E-state index is 5.80. The summed E-state index contributed by atoms with van der Waals surface area (Å²) in [5.41, 5.74) is 0. The van der Waals surface area contributed by atoms with E-state index in [1.165, 1.54) is 12.8 Å². The number of nitrogens with zero attached hydrogens (tertiary/aromatic N) is 2. The third-order valence-corrected chi connectivity index (χ3v) is 4.92. The van der Waals surface area contributed by atoms with Crippen molar-refractivity contribution in [2.75, 3.05) is 59.2 Å². The number of ether oxygens (including phenoxy) is 2. The number of likely N-dealkylation sites (N-methyl/N-ethyl adjacent to an activating group) is 1. The Kier molecular flexibility index (Phi) is 10.2. The van der Waals surface area contributed by atoms with Crippen LogP contribution < -0.4 is 10.6 Å². The number of guanidine groups is 1. The predicted molar refractivity (Wildman–Crippen MR) is 103 cm³/mol. The molecule has 0 bridgehead atoms. The van der Waals surface area contributed by atoms with Crippen LogP contribution in [0.15, 0.2) is 4.99 Å². The largest absolute Gasteiger partial charge is 0.381 e. The molecule has 2 rings (SSSR count). The van der Waals surface area contributed by atoms with Crippen molar-refractivity contribution >= 4 is 5.96 Å². The van der Waals surface area contributed by atoms with E-state index in [0.717, 1.165) is 90.4 Å². The highest BCUT2D eigenvalue weighted by Gasteiger charge is 2.27. The lowest BCUT2D eigenvalue weighted by Crippen LogP contribution is -2.42. The van der Waals surface area contributed by atoms with Gasteiger partial charge < -0.3 is 20.1 Å². The SMILES string of the molecule is CCNC(=NCCCOCC1CCOCC1)NCCN(CC)C1CC1. The van der Waals surface area contributed by atoms with Gasteiger partial charge in [0.2, 0.25) is 0 Å². The van der Waals surface area contributed by atoms with Crippen LogP contribution in [-0.4, -0.2) is 76.1 Å². The standard InChI is InChI=1S/C19H38N4O2/c1-3-20-19(22-11-12-23(4-2)18-6-7-18)21-10-5-13-25-16-17-8-14-24-15-9-17/h17-18H,3-16H2,1-2H3,(H2,20,21,22). The van der Waals surface area contributed by atoms with Crippen molar-refractivity contribution in [3.8, 4) is 0 Å². The van der Waals surface area contributed by atoms with E-state index in [1.807, 2.05) is 0 Å². The fourth-order valence-corrected chi connectivity index (χ4v) is 3.22. The highest BCUT2D eigenvalue weighted by molar-refractivity contribution is 5.79. The van der Waals surface area contributed by atoms with Crippen molar-refractivity contribution < 1.29 is 9.47 Å². The summed E-state index contributed by atoms with van der Waals surface area (Å²) in [6.45, 7) is 12.7. The number of nitrogens with one attached hydrogen (secondary N) is 2. The summed E-state index contributed by atoms with van der Waals surface area (Å²) < 4.78 is 11.2. The van der Waals surface area contributed by atoms with Crippen molar-refractivity contribution in [2.45, 2.75) is 52.0 Å². The van der Waals surface area contributed by atoms with Gasteiger partial charge >= 0.3 is 0 Å². The van der Waals surface area contributed by atoms with E-state index in [9.17, 15) is 0 Å². The fraction of sp³-hybridized carbons (Fsp3) is 0.947. The summed E-state index contributed by atoms with van der Waals surface area (Å²) in [6.07, 6.45) is 6.00. The minimum absolute atomic E-state index is 0.684. The van der Waals surface area contributed by atoms with Gasteiger partial charge in [0.05, 0.1) is 0 Å². The highest BCUT2D eigenvalue weighted by Crippen LogP contribution is 2.25. The van der Waals surface area contributed by atoms with E-state index in [-0.39, 0.29) is 0 Å². The minimum Gasteiger partial charge on any atom is -0.381 e. The van der Waals surface area contributed by atoms with Gasteiger partial charge in [0.15, 0.2) is 5.96 Å². The molecule has 1 aliphatic heterocycles. The van der Waals surface area contributed by atoms with Gasteiger partial charge in [-0.3, -0.25) is 9.89 Å². The van der Waals surface area contributed by atoms with Gasteiger partial charge in [-0.25, -0.2) is 0 Å². The Balaban J connectivity index is 1.53. The maximum atomic E-state index is 5.80. The van der Waals surface area contributed by atoms with E-state index in [4.69, 9.17) is 9.47 Å². The van der Waals surface area contributed by atoms with Crippen LogP contribution in [0.5, 0.6) is 0 Å². The first-order chi connectivity index (χ1) is 12.3. The molecule has 6 heteroatoms. The average molecular weight is 355 g/mol. The van der Waals surface area contributed by atoms with E-state index in [0.29, 0.717) is 5.92 Å². The quantitative estimate of drug-likeness (QED) is 0.318. The Morgan fingerprint density at radius 2 is 1.96 bits per heavy atom. The third kappa shape index (κ3) is 8.88. The average Bonchev–Trinajstić information content (AvgIpc) is 3.47. The molecule has 2 aliphatic rings. The van der Waals surface area contributed by atoms with Crippen LogP contribution in [0, 0.1) is 5.92 Å². The summed E-state index contributed by atoms with van der Waals surface area (Å²) >= 11 is 0. The van der Waals surface area contributed by atoms with Crippen LogP contribution in [0.2, 0.25) is 0 Å². The molecule has 1 saturated carbocycles. The molecule has 146 valence electrons. The van der Waals surface area contributed by atoms with Crippen molar-refractivity contribution in [1.82, 2.24) is 15.5 Å².